The zero-order valence-corrected chi connectivity index (χ0v) is 23.5. The fourth-order valence-electron chi connectivity index (χ4n) is 6.62. The molecule has 2 fully saturated rings. The van der Waals surface area contributed by atoms with Crippen LogP contribution in [0.5, 0.6) is 0 Å². The fourth-order valence-corrected chi connectivity index (χ4v) is 6.62. The molecule has 3 aromatic heterocycles. The molecular formula is C34H27F3N6O. The van der Waals surface area contributed by atoms with Crippen LogP contribution in [0.15, 0.2) is 91.0 Å². The minimum atomic E-state index is -4.50. The van der Waals surface area contributed by atoms with Gasteiger partial charge in [0, 0.05) is 22.2 Å². The first-order valence-corrected chi connectivity index (χ1v) is 14.5. The van der Waals surface area contributed by atoms with E-state index < -0.39 is 22.9 Å². The summed E-state index contributed by atoms with van der Waals surface area (Å²) in [6, 6.07) is 26.1. The average Bonchev–Trinajstić information content (AvgIpc) is 3.79. The van der Waals surface area contributed by atoms with Crippen LogP contribution in [0.2, 0.25) is 0 Å². The SMILES string of the molecule is N[C@]1(c2ccc(-c3nc4ccc5nnc(-c6cccc(C(F)(F)F)c6)n5c4nc3-c3ccccc3)cc2)C[C@](O)(C2CC2)C1. The Bertz CT molecular complexity index is 2050. The number of nitrogens with zero attached hydrogens (tertiary/aromatic N) is 5. The summed E-state index contributed by atoms with van der Waals surface area (Å²) in [5.41, 5.74) is 10.3. The van der Waals surface area contributed by atoms with Gasteiger partial charge in [-0.2, -0.15) is 13.2 Å². The number of hydrogen-bond acceptors (Lipinski definition) is 6. The molecule has 6 aromatic rings. The van der Waals surface area contributed by atoms with Crippen molar-refractivity contribution in [2.75, 3.05) is 0 Å². The van der Waals surface area contributed by atoms with Crippen LogP contribution in [-0.2, 0) is 11.7 Å². The quantitative estimate of drug-likeness (QED) is 0.229. The number of aromatic nitrogens is 5. The molecule has 10 heteroatoms. The molecule has 220 valence electrons. The molecule has 0 amide bonds. The highest BCUT2D eigenvalue weighted by atomic mass is 19.4. The maximum Gasteiger partial charge on any atom is 0.416 e. The Morgan fingerprint density at radius 3 is 2.16 bits per heavy atom. The lowest BCUT2D eigenvalue weighted by Crippen LogP contribution is -2.60. The number of pyridine rings is 1. The lowest BCUT2D eigenvalue weighted by atomic mass is 9.60. The minimum absolute atomic E-state index is 0.238. The third-order valence-corrected chi connectivity index (χ3v) is 9.00. The van der Waals surface area contributed by atoms with Gasteiger partial charge in [0.2, 0.25) is 0 Å². The molecule has 8 rings (SSSR count). The third kappa shape index (κ3) is 4.36. The van der Waals surface area contributed by atoms with Crippen molar-refractivity contribution in [3.63, 3.8) is 0 Å². The van der Waals surface area contributed by atoms with Gasteiger partial charge in [-0.1, -0.05) is 66.7 Å². The van der Waals surface area contributed by atoms with Gasteiger partial charge in [0.25, 0.3) is 0 Å². The molecule has 44 heavy (non-hydrogen) atoms. The summed E-state index contributed by atoms with van der Waals surface area (Å²) in [6.07, 6.45) is -1.26. The van der Waals surface area contributed by atoms with Crippen LogP contribution in [0.3, 0.4) is 0 Å². The number of alkyl halides is 3. The Labute approximate surface area is 250 Å². The highest BCUT2D eigenvalue weighted by Crippen LogP contribution is 2.57. The van der Waals surface area contributed by atoms with E-state index in [4.69, 9.17) is 15.7 Å². The second-order valence-corrected chi connectivity index (χ2v) is 12.1. The molecular weight excluding hydrogens is 565 g/mol. The summed E-state index contributed by atoms with van der Waals surface area (Å²) < 4.78 is 42.2. The number of hydrogen-bond donors (Lipinski definition) is 2. The van der Waals surface area contributed by atoms with Gasteiger partial charge in [-0.25, -0.2) is 9.97 Å². The van der Waals surface area contributed by atoms with Crippen molar-refractivity contribution in [3.05, 3.63) is 102 Å². The third-order valence-electron chi connectivity index (χ3n) is 9.00. The lowest BCUT2D eigenvalue weighted by Gasteiger charge is -2.52. The molecule has 0 bridgehead atoms. The molecule has 7 nitrogen and oxygen atoms in total. The summed E-state index contributed by atoms with van der Waals surface area (Å²) in [4.78, 5) is 10.1. The number of rotatable bonds is 5. The Kier molecular flexibility index (Phi) is 5.76. The van der Waals surface area contributed by atoms with Gasteiger partial charge in [0.05, 0.1) is 22.6 Å². The van der Waals surface area contributed by atoms with Crippen molar-refractivity contribution in [2.24, 2.45) is 11.7 Å². The highest BCUT2D eigenvalue weighted by Gasteiger charge is 2.58. The zero-order chi connectivity index (χ0) is 30.3. The second-order valence-electron chi connectivity index (χ2n) is 12.1. The topological polar surface area (TPSA) is 102 Å². The van der Waals surface area contributed by atoms with Crippen LogP contribution < -0.4 is 5.73 Å². The van der Waals surface area contributed by atoms with Crippen molar-refractivity contribution in [1.29, 1.82) is 0 Å². The van der Waals surface area contributed by atoms with Gasteiger partial charge in [0.15, 0.2) is 17.1 Å². The Balaban J connectivity index is 1.26. The van der Waals surface area contributed by atoms with E-state index >= 15 is 0 Å². The van der Waals surface area contributed by atoms with Crippen LogP contribution in [0.25, 0.3) is 50.7 Å². The number of benzene rings is 3. The van der Waals surface area contributed by atoms with Crippen molar-refractivity contribution in [3.8, 4) is 33.9 Å². The molecule has 3 N–H and O–H groups in total. The van der Waals surface area contributed by atoms with Gasteiger partial charge < -0.3 is 10.8 Å². The summed E-state index contributed by atoms with van der Waals surface area (Å²) in [5.74, 6) is 0.605. The molecule has 0 spiro atoms. The number of fused-ring (bicyclic) bond motifs is 3. The van der Waals surface area contributed by atoms with Crippen molar-refractivity contribution >= 4 is 16.8 Å². The largest absolute Gasteiger partial charge is 0.416 e. The van der Waals surface area contributed by atoms with E-state index in [2.05, 4.69) is 10.2 Å². The van der Waals surface area contributed by atoms with Crippen molar-refractivity contribution in [2.45, 2.75) is 43.0 Å². The normalized spacial score (nSPS) is 21.9. The number of aliphatic hydroxyl groups is 1. The number of nitrogens with two attached hydrogens (primary N) is 1. The van der Waals surface area contributed by atoms with Gasteiger partial charge in [-0.15, -0.1) is 10.2 Å². The van der Waals surface area contributed by atoms with E-state index in [1.807, 2.05) is 54.6 Å². The van der Waals surface area contributed by atoms with Gasteiger partial charge in [-0.05, 0) is 61.4 Å². The van der Waals surface area contributed by atoms with E-state index in [-0.39, 0.29) is 11.4 Å². The first kappa shape index (κ1) is 26.9. The Morgan fingerprint density at radius 1 is 0.773 bits per heavy atom. The summed E-state index contributed by atoms with van der Waals surface area (Å²) >= 11 is 0. The lowest BCUT2D eigenvalue weighted by molar-refractivity contribution is -0.137. The van der Waals surface area contributed by atoms with Gasteiger partial charge in [0.1, 0.15) is 5.52 Å². The predicted molar refractivity (Wildman–Crippen MR) is 160 cm³/mol. The monoisotopic (exact) mass is 592 g/mol. The van der Waals surface area contributed by atoms with Gasteiger partial charge in [-0.3, -0.25) is 4.40 Å². The first-order chi connectivity index (χ1) is 21.1. The molecule has 0 radical (unpaired) electrons. The summed E-state index contributed by atoms with van der Waals surface area (Å²) in [7, 11) is 0. The molecule has 2 saturated carbocycles. The van der Waals surface area contributed by atoms with Crippen LogP contribution in [0.1, 0.15) is 36.8 Å². The van der Waals surface area contributed by atoms with Crippen LogP contribution in [-0.4, -0.2) is 35.3 Å². The summed E-state index contributed by atoms with van der Waals surface area (Å²) in [5, 5.41) is 19.4. The predicted octanol–water partition coefficient (Wildman–Crippen LogP) is 6.78. The maximum absolute atomic E-state index is 13.5. The van der Waals surface area contributed by atoms with Crippen LogP contribution in [0.4, 0.5) is 13.2 Å². The molecule has 2 aliphatic carbocycles. The van der Waals surface area contributed by atoms with E-state index in [1.165, 1.54) is 6.07 Å². The molecule has 3 aromatic carbocycles. The van der Waals surface area contributed by atoms with Crippen molar-refractivity contribution < 1.29 is 18.3 Å². The van der Waals surface area contributed by atoms with E-state index in [0.29, 0.717) is 47.0 Å². The first-order valence-electron chi connectivity index (χ1n) is 14.5. The Morgan fingerprint density at radius 2 is 1.45 bits per heavy atom. The molecule has 2 aliphatic rings. The van der Waals surface area contributed by atoms with Crippen molar-refractivity contribution in [1.82, 2.24) is 24.6 Å². The van der Waals surface area contributed by atoms with Gasteiger partial charge >= 0.3 is 6.18 Å². The molecule has 0 atom stereocenters. The molecule has 3 heterocycles. The highest BCUT2D eigenvalue weighted by molar-refractivity contribution is 5.87. The molecule has 0 unspecified atom stereocenters. The van der Waals surface area contributed by atoms with Crippen LogP contribution >= 0.6 is 0 Å². The van der Waals surface area contributed by atoms with Crippen LogP contribution in [0, 0.1) is 5.92 Å². The second kappa shape index (κ2) is 9.41. The average molecular weight is 593 g/mol. The Hall–Kier alpha value is -4.67. The zero-order valence-electron chi connectivity index (χ0n) is 23.5. The summed E-state index contributed by atoms with van der Waals surface area (Å²) in [6.45, 7) is 0. The van der Waals surface area contributed by atoms with E-state index in [9.17, 15) is 18.3 Å². The standard InChI is InChI=1S/C34H27F3N6O/c35-34(36,37)25-8-4-7-22(17-25)30-42-41-27-16-15-26-31(43(27)30)40-29(20-5-2-1-3-6-20)28(39-26)21-9-11-23(12-10-21)32(38)18-33(44,19-32)24-13-14-24/h1-12,15-17,24,44H,13-14,18-19,38H2/t32-,33-. The maximum atomic E-state index is 13.5. The fraction of sp³-hybridized carbons (Fsp3) is 0.235. The molecule has 0 saturated heterocycles. The molecule has 0 aliphatic heterocycles. The van der Waals surface area contributed by atoms with E-state index in [1.54, 1.807) is 22.6 Å². The minimum Gasteiger partial charge on any atom is -0.389 e. The van der Waals surface area contributed by atoms with E-state index in [0.717, 1.165) is 41.7 Å². The smallest absolute Gasteiger partial charge is 0.389 e. The number of halogens is 3.